The van der Waals surface area contributed by atoms with Crippen LogP contribution in [0.5, 0.6) is 0 Å². The van der Waals surface area contributed by atoms with E-state index in [9.17, 15) is 13.2 Å². The summed E-state index contributed by atoms with van der Waals surface area (Å²) in [7, 11) is -2.38. The van der Waals surface area contributed by atoms with Crippen LogP contribution in [-0.2, 0) is 21.9 Å². The smallest absolute Gasteiger partial charge is 0.304 e. The van der Waals surface area contributed by atoms with E-state index < -0.39 is 16.0 Å². The summed E-state index contributed by atoms with van der Waals surface area (Å²) in [5, 5.41) is 15.3. The molecule has 1 rings (SSSR count). The number of hydrogen-bond acceptors (Lipinski definition) is 5. The van der Waals surface area contributed by atoms with Gasteiger partial charge in [0.2, 0.25) is 5.03 Å². The third-order valence-electron chi connectivity index (χ3n) is 1.62. The lowest BCUT2D eigenvalue weighted by Crippen LogP contribution is -2.28. The van der Waals surface area contributed by atoms with Crippen molar-refractivity contribution in [2.75, 3.05) is 6.54 Å². The van der Waals surface area contributed by atoms with Gasteiger partial charge in [-0.2, -0.15) is 0 Å². The van der Waals surface area contributed by atoms with Crippen LogP contribution in [0.2, 0.25) is 0 Å². The van der Waals surface area contributed by atoms with Gasteiger partial charge < -0.3 is 5.11 Å². The van der Waals surface area contributed by atoms with Crippen LogP contribution in [0.4, 0.5) is 0 Å². The normalized spacial score (nSPS) is 11.6. The van der Waals surface area contributed by atoms with E-state index in [4.69, 9.17) is 5.11 Å². The highest BCUT2D eigenvalue weighted by Crippen LogP contribution is 2.17. The lowest BCUT2D eigenvalue weighted by Gasteiger charge is -2.04. The second-order valence-corrected chi connectivity index (χ2v) is 5.28. The molecular formula is C6H9BrN4O4S. The highest BCUT2D eigenvalue weighted by molar-refractivity contribution is 9.10. The number of carboxylic acid groups (broad SMARTS) is 1. The van der Waals surface area contributed by atoms with Crippen LogP contribution in [0.1, 0.15) is 6.42 Å². The van der Waals surface area contributed by atoms with Crippen molar-refractivity contribution in [1.82, 2.24) is 19.7 Å². The van der Waals surface area contributed by atoms with Crippen molar-refractivity contribution in [3.05, 3.63) is 4.60 Å². The molecule has 1 aromatic rings. The first-order valence-electron chi connectivity index (χ1n) is 4.11. The fourth-order valence-corrected chi connectivity index (χ4v) is 3.09. The number of aromatic nitrogens is 3. The number of aliphatic carboxylic acids is 1. The molecule has 0 aromatic carbocycles. The van der Waals surface area contributed by atoms with Crippen LogP contribution < -0.4 is 4.72 Å². The lowest BCUT2D eigenvalue weighted by molar-refractivity contribution is -0.136. The van der Waals surface area contributed by atoms with Crippen LogP contribution >= 0.6 is 15.9 Å². The van der Waals surface area contributed by atoms with E-state index in [0.29, 0.717) is 0 Å². The largest absolute Gasteiger partial charge is 0.481 e. The molecule has 1 aromatic heterocycles. The molecule has 16 heavy (non-hydrogen) atoms. The van der Waals surface area contributed by atoms with E-state index in [1.54, 1.807) is 0 Å². The summed E-state index contributed by atoms with van der Waals surface area (Å²) in [6, 6.07) is 0. The number of carboxylic acids is 1. The molecule has 0 bridgehead atoms. The second-order valence-electron chi connectivity index (χ2n) is 2.85. The van der Waals surface area contributed by atoms with Crippen molar-refractivity contribution < 1.29 is 18.3 Å². The molecule has 0 spiro atoms. The van der Waals surface area contributed by atoms with Gasteiger partial charge in [-0.1, -0.05) is 5.21 Å². The molecule has 10 heteroatoms. The van der Waals surface area contributed by atoms with E-state index in [-0.39, 0.29) is 22.6 Å². The Morgan fingerprint density at radius 1 is 1.62 bits per heavy atom. The van der Waals surface area contributed by atoms with Crippen LogP contribution in [-0.4, -0.2) is 41.0 Å². The molecule has 8 nitrogen and oxygen atoms in total. The van der Waals surface area contributed by atoms with Crippen molar-refractivity contribution in [1.29, 1.82) is 0 Å². The van der Waals surface area contributed by atoms with E-state index in [1.165, 1.54) is 7.05 Å². The Balaban J connectivity index is 2.83. The molecule has 0 aliphatic carbocycles. The van der Waals surface area contributed by atoms with Gasteiger partial charge in [-0.25, -0.2) is 17.8 Å². The number of rotatable bonds is 5. The Kier molecular flexibility index (Phi) is 3.99. The fourth-order valence-electron chi connectivity index (χ4n) is 0.969. The van der Waals surface area contributed by atoms with Gasteiger partial charge >= 0.3 is 5.97 Å². The predicted molar refractivity (Wildman–Crippen MR) is 56.1 cm³/mol. The highest BCUT2D eigenvalue weighted by atomic mass is 79.9. The zero-order valence-corrected chi connectivity index (χ0v) is 10.6. The number of sulfonamides is 1. The summed E-state index contributed by atoms with van der Waals surface area (Å²) in [5.41, 5.74) is 0. The summed E-state index contributed by atoms with van der Waals surface area (Å²) in [6.45, 7) is -0.185. The molecule has 0 saturated heterocycles. The van der Waals surface area contributed by atoms with Gasteiger partial charge in [0.1, 0.15) is 0 Å². The molecule has 0 atom stereocenters. The van der Waals surface area contributed by atoms with Crippen molar-refractivity contribution in [3.63, 3.8) is 0 Å². The van der Waals surface area contributed by atoms with Crippen molar-refractivity contribution in [2.24, 2.45) is 7.05 Å². The van der Waals surface area contributed by atoms with Gasteiger partial charge in [0.15, 0.2) is 4.60 Å². The summed E-state index contributed by atoms with van der Waals surface area (Å²) in [6.07, 6.45) is -0.290. The maximum atomic E-state index is 11.7. The van der Waals surface area contributed by atoms with Crippen LogP contribution in [0, 0.1) is 0 Å². The zero-order valence-electron chi connectivity index (χ0n) is 8.21. The number of carbonyl (C=O) groups is 1. The molecule has 90 valence electrons. The van der Waals surface area contributed by atoms with Crippen LogP contribution in [0.15, 0.2) is 9.63 Å². The maximum absolute atomic E-state index is 11.7. The van der Waals surface area contributed by atoms with Crippen molar-refractivity contribution in [2.45, 2.75) is 11.4 Å². The Bertz CT molecular complexity index is 477. The van der Waals surface area contributed by atoms with Crippen LogP contribution in [0.3, 0.4) is 0 Å². The Labute approximate surface area is 99.8 Å². The summed E-state index contributed by atoms with van der Waals surface area (Å²) in [5.74, 6) is -1.08. The summed E-state index contributed by atoms with van der Waals surface area (Å²) in [4.78, 5) is 10.2. The van der Waals surface area contributed by atoms with Gasteiger partial charge in [0.25, 0.3) is 10.0 Å². The molecule has 0 aliphatic rings. The quantitative estimate of drug-likeness (QED) is 0.745. The third-order valence-corrected chi connectivity index (χ3v) is 3.97. The van der Waals surface area contributed by atoms with Gasteiger partial charge in [0.05, 0.1) is 6.42 Å². The maximum Gasteiger partial charge on any atom is 0.304 e. The molecule has 0 unspecified atom stereocenters. The van der Waals surface area contributed by atoms with Gasteiger partial charge in [-0.15, -0.1) is 5.10 Å². The summed E-state index contributed by atoms with van der Waals surface area (Å²) >= 11 is 2.94. The average Bonchev–Trinajstić information content (AvgIpc) is 2.45. The molecular weight excluding hydrogens is 304 g/mol. The van der Waals surface area contributed by atoms with Crippen molar-refractivity contribution in [3.8, 4) is 0 Å². The van der Waals surface area contributed by atoms with Crippen molar-refractivity contribution >= 4 is 31.9 Å². The van der Waals surface area contributed by atoms with Gasteiger partial charge in [-0.05, 0) is 15.9 Å². The molecule has 1 heterocycles. The number of nitrogens with one attached hydrogen (secondary N) is 1. The number of nitrogens with zero attached hydrogens (tertiary/aromatic N) is 3. The minimum atomic E-state index is -3.80. The first-order valence-corrected chi connectivity index (χ1v) is 6.39. The molecule has 0 aliphatic heterocycles. The standard InChI is InChI=1S/C6H9BrN4O4S/c1-11-6(5(7)9-10-11)16(14,15)8-3-2-4(12)13/h8H,2-3H2,1H3,(H,12,13). The predicted octanol–water partition coefficient (Wildman–Crippen LogP) is -0.669. The van der Waals surface area contributed by atoms with E-state index in [0.717, 1.165) is 4.68 Å². The lowest BCUT2D eigenvalue weighted by atomic mass is 10.5. The first kappa shape index (κ1) is 13.1. The topological polar surface area (TPSA) is 114 Å². The second kappa shape index (κ2) is 4.89. The monoisotopic (exact) mass is 312 g/mol. The Hall–Kier alpha value is -1.00. The Morgan fingerprint density at radius 2 is 2.25 bits per heavy atom. The first-order chi connectivity index (χ1) is 7.34. The number of aryl methyl sites for hydroxylation is 1. The SMILES string of the molecule is Cn1nnc(Br)c1S(=O)(=O)NCCC(=O)O. The Morgan fingerprint density at radius 3 is 2.69 bits per heavy atom. The number of hydrogen-bond donors (Lipinski definition) is 2. The summed E-state index contributed by atoms with van der Waals surface area (Å²) < 4.78 is 26.7. The minimum Gasteiger partial charge on any atom is -0.481 e. The van der Waals surface area contributed by atoms with Gasteiger partial charge in [0, 0.05) is 13.6 Å². The molecule has 2 N–H and O–H groups in total. The molecule has 0 fully saturated rings. The zero-order chi connectivity index (χ0) is 12.3. The van der Waals surface area contributed by atoms with E-state index in [1.807, 2.05) is 0 Å². The van der Waals surface area contributed by atoms with E-state index in [2.05, 4.69) is 31.0 Å². The minimum absolute atomic E-state index is 0.0813. The fraction of sp³-hybridized carbons (Fsp3) is 0.500. The highest BCUT2D eigenvalue weighted by Gasteiger charge is 2.23. The molecule has 0 radical (unpaired) electrons. The van der Waals surface area contributed by atoms with E-state index >= 15 is 0 Å². The van der Waals surface area contributed by atoms with Crippen LogP contribution in [0.25, 0.3) is 0 Å². The number of halogens is 1. The third kappa shape index (κ3) is 3.00. The average molecular weight is 313 g/mol. The van der Waals surface area contributed by atoms with Gasteiger partial charge in [-0.3, -0.25) is 4.79 Å². The molecule has 0 amide bonds. The molecule has 0 saturated carbocycles.